The molecular formula is C11H14O2S. The van der Waals surface area contributed by atoms with Crippen molar-refractivity contribution in [1.82, 2.24) is 0 Å². The highest BCUT2D eigenvalue weighted by molar-refractivity contribution is 7.10. The molecule has 14 heavy (non-hydrogen) atoms. The van der Waals surface area contributed by atoms with Gasteiger partial charge in [0.15, 0.2) is 0 Å². The molecule has 1 N–H and O–H groups in total. The van der Waals surface area contributed by atoms with Crippen molar-refractivity contribution >= 4 is 17.3 Å². The van der Waals surface area contributed by atoms with Gasteiger partial charge in [-0.05, 0) is 30.2 Å². The van der Waals surface area contributed by atoms with Crippen LogP contribution in [0.1, 0.15) is 36.5 Å². The molecule has 0 aliphatic heterocycles. The van der Waals surface area contributed by atoms with E-state index in [1.54, 1.807) is 11.3 Å². The lowest BCUT2D eigenvalue weighted by Gasteiger charge is -2.17. The maximum atomic E-state index is 11.2. The van der Waals surface area contributed by atoms with Gasteiger partial charge in [0.1, 0.15) is 0 Å². The summed E-state index contributed by atoms with van der Waals surface area (Å²) in [6, 6.07) is 3.88. The number of carboxylic acid groups (broad SMARTS) is 1. The zero-order valence-electron chi connectivity index (χ0n) is 7.98. The van der Waals surface area contributed by atoms with Crippen LogP contribution in [-0.2, 0) is 4.79 Å². The van der Waals surface area contributed by atoms with E-state index in [-0.39, 0.29) is 5.92 Å². The normalized spacial score (nSPS) is 19.7. The Morgan fingerprint density at radius 3 is 2.71 bits per heavy atom. The third kappa shape index (κ3) is 1.82. The lowest BCUT2D eigenvalue weighted by atomic mass is 9.90. The van der Waals surface area contributed by atoms with E-state index < -0.39 is 5.97 Å². The molecule has 0 amide bonds. The van der Waals surface area contributed by atoms with Crippen molar-refractivity contribution in [2.75, 3.05) is 0 Å². The first-order valence-electron chi connectivity index (χ1n) is 5.05. The maximum Gasteiger partial charge on any atom is 0.312 e. The van der Waals surface area contributed by atoms with Gasteiger partial charge in [-0.15, -0.1) is 11.3 Å². The fraction of sp³-hybridized carbons (Fsp3) is 0.545. The number of carboxylic acids is 1. The van der Waals surface area contributed by atoms with Crippen LogP contribution in [-0.4, -0.2) is 11.1 Å². The van der Waals surface area contributed by atoms with E-state index in [1.807, 2.05) is 17.5 Å². The number of aliphatic carboxylic acids is 1. The summed E-state index contributed by atoms with van der Waals surface area (Å²) in [5, 5.41) is 11.2. The molecule has 0 aromatic carbocycles. The molecule has 0 bridgehead atoms. The monoisotopic (exact) mass is 210 g/mol. The second-order valence-electron chi connectivity index (χ2n) is 3.88. The van der Waals surface area contributed by atoms with Gasteiger partial charge in [-0.1, -0.05) is 18.9 Å². The topological polar surface area (TPSA) is 37.3 Å². The summed E-state index contributed by atoms with van der Waals surface area (Å²) in [5.41, 5.74) is 0. The van der Waals surface area contributed by atoms with Crippen molar-refractivity contribution in [2.24, 2.45) is 5.92 Å². The van der Waals surface area contributed by atoms with Crippen molar-refractivity contribution in [1.29, 1.82) is 0 Å². The van der Waals surface area contributed by atoms with Gasteiger partial charge in [-0.2, -0.15) is 0 Å². The molecule has 3 heteroatoms. The molecule has 1 aliphatic rings. The minimum Gasteiger partial charge on any atom is -0.481 e. The van der Waals surface area contributed by atoms with Crippen LogP contribution >= 0.6 is 11.3 Å². The van der Waals surface area contributed by atoms with Gasteiger partial charge in [0.05, 0.1) is 5.92 Å². The highest BCUT2D eigenvalue weighted by atomic mass is 32.1. The van der Waals surface area contributed by atoms with E-state index in [0.717, 1.165) is 17.7 Å². The Morgan fingerprint density at radius 1 is 1.50 bits per heavy atom. The number of rotatable bonds is 3. The lowest BCUT2D eigenvalue weighted by Crippen LogP contribution is -2.18. The molecule has 2 nitrogen and oxygen atoms in total. The van der Waals surface area contributed by atoms with Crippen LogP contribution in [0.5, 0.6) is 0 Å². The van der Waals surface area contributed by atoms with Gasteiger partial charge in [-0.3, -0.25) is 4.79 Å². The van der Waals surface area contributed by atoms with Crippen molar-refractivity contribution in [3.63, 3.8) is 0 Å². The van der Waals surface area contributed by atoms with Gasteiger partial charge in [0.2, 0.25) is 0 Å². The Bertz CT molecular complexity index is 299. The Hall–Kier alpha value is -0.830. The second-order valence-corrected chi connectivity index (χ2v) is 4.86. The van der Waals surface area contributed by atoms with Crippen LogP contribution in [0, 0.1) is 5.92 Å². The summed E-state index contributed by atoms with van der Waals surface area (Å²) >= 11 is 1.57. The van der Waals surface area contributed by atoms with Crippen molar-refractivity contribution in [2.45, 2.75) is 31.6 Å². The number of carbonyl (C=O) groups is 1. The van der Waals surface area contributed by atoms with Crippen LogP contribution in [0.15, 0.2) is 17.5 Å². The molecule has 1 atom stereocenters. The van der Waals surface area contributed by atoms with Crippen LogP contribution < -0.4 is 0 Å². The molecule has 1 fully saturated rings. The predicted molar refractivity (Wildman–Crippen MR) is 56.7 cm³/mol. The zero-order chi connectivity index (χ0) is 9.97. The maximum absolute atomic E-state index is 11.2. The molecule has 2 rings (SSSR count). The highest BCUT2D eigenvalue weighted by Gasteiger charge is 2.32. The van der Waals surface area contributed by atoms with Gasteiger partial charge in [0.25, 0.3) is 0 Å². The largest absolute Gasteiger partial charge is 0.481 e. The standard InChI is InChI=1S/C11H14O2S/c12-11(13)10(8-4-1-2-5-8)9-6-3-7-14-9/h3,6-8,10H,1-2,4-5H2,(H,12,13). The average molecular weight is 210 g/mol. The smallest absolute Gasteiger partial charge is 0.312 e. The minimum absolute atomic E-state index is 0.252. The molecule has 1 aromatic rings. The molecule has 1 saturated carbocycles. The van der Waals surface area contributed by atoms with E-state index >= 15 is 0 Å². The summed E-state index contributed by atoms with van der Waals surface area (Å²) in [6.07, 6.45) is 4.55. The van der Waals surface area contributed by atoms with E-state index in [0.29, 0.717) is 5.92 Å². The summed E-state index contributed by atoms with van der Waals surface area (Å²) in [6.45, 7) is 0. The Balaban J connectivity index is 2.19. The van der Waals surface area contributed by atoms with Crippen LogP contribution in [0.4, 0.5) is 0 Å². The van der Waals surface area contributed by atoms with E-state index in [1.165, 1.54) is 12.8 Å². The van der Waals surface area contributed by atoms with Crippen LogP contribution in [0.25, 0.3) is 0 Å². The molecule has 1 unspecified atom stereocenters. The Labute approximate surface area is 87.6 Å². The van der Waals surface area contributed by atoms with E-state index in [4.69, 9.17) is 0 Å². The summed E-state index contributed by atoms with van der Waals surface area (Å²) in [5.74, 6) is -0.539. The predicted octanol–water partition coefficient (Wildman–Crippen LogP) is 3.11. The second kappa shape index (κ2) is 4.13. The van der Waals surface area contributed by atoms with Crippen molar-refractivity contribution in [3.05, 3.63) is 22.4 Å². The first-order chi connectivity index (χ1) is 6.79. The summed E-state index contributed by atoms with van der Waals surface area (Å²) in [7, 11) is 0. The molecule has 0 spiro atoms. The molecule has 1 aliphatic carbocycles. The quantitative estimate of drug-likeness (QED) is 0.832. The molecule has 0 saturated heterocycles. The van der Waals surface area contributed by atoms with Crippen LogP contribution in [0.2, 0.25) is 0 Å². The Morgan fingerprint density at radius 2 is 2.21 bits per heavy atom. The number of hydrogen-bond acceptors (Lipinski definition) is 2. The fourth-order valence-corrected chi connectivity index (χ4v) is 3.23. The average Bonchev–Trinajstić information content (AvgIpc) is 2.75. The van der Waals surface area contributed by atoms with E-state index in [2.05, 4.69) is 0 Å². The third-order valence-corrected chi connectivity index (χ3v) is 3.94. The highest BCUT2D eigenvalue weighted by Crippen LogP contribution is 2.38. The summed E-state index contributed by atoms with van der Waals surface area (Å²) in [4.78, 5) is 12.2. The minimum atomic E-state index is -0.653. The molecule has 0 radical (unpaired) electrons. The van der Waals surface area contributed by atoms with Gasteiger partial charge in [-0.25, -0.2) is 0 Å². The molecule has 1 heterocycles. The SMILES string of the molecule is O=C(O)C(c1cccs1)C1CCCC1. The molecular weight excluding hydrogens is 196 g/mol. The molecule has 76 valence electrons. The summed E-state index contributed by atoms with van der Waals surface area (Å²) < 4.78 is 0. The lowest BCUT2D eigenvalue weighted by molar-refractivity contribution is -0.140. The fourth-order valence-electron chi connectivity index (χ4n) is 2.31. The first-order valence-corrected chi connectivity index (χ1v) is 5.93. The van der Waals surface area contributed by atoms with Crippen molar-refractivity contribution in [3.8, 4) is 0 Å². The van der Waals surface area contributed by atoms with Gasteiger partial charge in [0, 0.05) is 4.88 Å². The van der Waals surface area contributed by atoms with Crippen LogP contribution in [0.3, 0.4) is 0 Å². The third-order valence-electron chi connectivity index (χ3n) is 2.99. The first kappa shape index (κ1) is 9.71. The zero-order valence-corrected chi connectivity index (χ0v) is 8.80. The number of hydrogen-bond donors (Lipinski definition) is 1. The molecule has 1 aromatic heterocycles. The van der Waals surface area contributed by atoms with Gasteiger partial charge >= 0.3 is 5.97 Å². The van der Waals surface area contributed by atoms with Crippen molar-refractivity contribution < 1.29 is 9.90 Å². The van der Waals surface area contributed by atoms with Gasteiger partial charge < -0.3 is 5.11 Å². The Kier molecular flexibility index (Phi) is 2.87. The van der Waals surface area contributed by atoms with E-state index in [9.17, 15) is 9.90 Å². The number of thiophene rings is 1.